The van der Waals surface area contributed by atoms with Crippen molar-refractivity contribution in [1.82, 2.24) is 5.32 Å². The number of phenolic OH excluding ortho intramolecular Hbond substituents is 1. The monoisotopic (exact) mass is 262 g/mol. The molecule has 3 N–H and O–H groups in total. The molecule has 1 amide bonds. The normalized spacial score (nSPS) is 19.1. The topological polar surface area (TPSA) is 61.4 Å². The summed E-state index contributed by atoms with van der Waals surface area (Å²) < 4.78 is 0. The van der Waals surface area contributed by atoms with Gasteiger partial charge in [0.05, 0.1) is 0 Å². The second-order valence-corrected chi connectivity index (χ2v) is 5.23. The van der Waals surface area contributed by atoms with Crippen LogP contribution in [0.5, 0.6) is 5.75 Å². The molecule has 1 atom stereocenters. The van der Waals surface area contributed by atoms with Gasteiger partial charge in [-0.25, -0.2) is 0 Å². The zero-order valence-electron chi connectivity index (χ0n) is 11.4. The van der Waals surface area contributed by atoms with Crippen molar-refractivity contribution in [2.75, 3.05) is 11.9 Å². The van der Waals surface area contributed by atoms with E-state index in [1.54, 1.807) is 18.2 Å². The molecule has 0 aromatic heterocycles. The Labute approximate surface area is 114 Å². The summed E-state index contributed by atoms with van der Waals surface area (Å²) in [6.45, 7) is 2.95. The first-order chi connectivity index (χ1) is 9.15. The molecule has 1 heterocycles. The molecule has 0 saturated carbocycles. The molecule has 1 aromatic carbocycles. The molecule has 0 spiro atoms. The molecule has 0 bridgehead atoms. The Hall–Kier alpha value is -1.55. The van der Waals surface area contributed by atoms with Crippen LogP contribution in [-0.2, 0) is 4.79 Å². The minimum absolute atomic E-state index is 0.0427. The molecule has 2 rings (SSSR count). The maximum Gasteiger partial charge on any atom is 0.224 e. The zero-order valence-corrected chi connectivity index (χ0v) is 11.4. The van der Waals surface area contributed by atoms with Gasteiger partial charge < -0.3 is 15.7 Å². The lowest BCUT2D eigenvalue weighted by Crippen LogP contribution is -2.34. The van der Waals surface area contributed by atoms with Crippen molar-refractivity contribution in [3.05, 3.63) is 23.8 Å². The van der Waals surface area contributed by atoms with Gasteiger partial charge in [0.25, 0.3) is 0 Å². The Morgan fingerprint density at radius 2 is 2.32 bits per heavy atom. The minimum Gasteiger partial charge on any atom is -0.508 e. The number of carbonyl (C=O) groups is 1. The van der Waals surface area contributed by atoms with Crippen LogP contribution in [0.25, 0.3) is 0 Å². The maximum atomic E-state index is 11.9. The lowest BCUT2D eigenvalue weighted by Gasteiger charge is -2.23. The highest BCUT2D eigenvalue weighted by Gasteiger charge is 2.14. The van der Waals surface area contributed by atoms with Crippen molar-refractivity contribution in [3.8, 4) is 5.75 Å². The summed E-state index contributed by atoms with van der Waals surface area (Å²) in [4.78, 5) is 11.9. The summed E-state index contributed by atoms with van der Waals surface area (Å²) in [7, 11) is 0. The van der Waals surface area contributed by atoms with Crippen LogP contribution in [0.3, 0.4) is 0 Å². The molecule has 0 aliphatic carbocycles. The first-order valence-corrected chi connectivity index (χ1v) is 6.98. The second kappa shape index (κ2) is 6.57. The SMILES string of the molecule is Cc1cc(O)ccc1NC(=O)CCC1CCCCN1. The van der Waals surface area contributed by atoms with E-state index in [-0.39, 0.29) is 11.7 Å². The highest BCUT2D eigenvalue weighted by atomic mass is 16.3. The predicted octanol–water partition coefficient (Wildman–Crippen LogP) is 2.56. The van der Waals surface area contributed by atoms with Crippen LogP contribution in [0.4, 0.5) is 5.69 Å². The van der Waals surface area contributed by atoms with Crippen molar-refractivity contribution in [3.63, 3.8) is 0 Å². The smallest absolute Gasteiger partial charge is 0.224 e. The van der Waals surface area contributed by atoms with Crippen molar-refractivity contribution < 1.29 is 9.90 Å². The third-order valence-corrected chi connectivity index (χ3v) is 3.62. The summed E-state index contributed by atoms with van der Waals surface area (Å²) in [5, 5.41) is 15.7. The molecule has 4 nitrogen and oxygen atoms in total. The van der Waals surface area contributed by atoms with Crippen molar-refractivity contribution in [1.29, 1.82) is 0 Å². The molecule has 0 radical (unpaired) electrons. The van der Waals surface area contributed by atoms with Gasteiger partial charge in [0.1, 0.15) is 5.75 Å². The molecule has 1 aliphatic rings. The predicted molar refractivity (Wildman–Crippen MR) is 76.3 cm³/mol. The number of aromatic hydroxyl groups is 1. The number of nitrogens with one attached hydrogen (secondary N) is 2. The van der Waals surface area contributed by atoms with E-state index in [0.717, 1.165) is 24.2 Å². The average Bonchev–Trinajstić information content (AvgIpc) is 2.41. The third-order valence-electron chi connectivity index (χ3n) is 3.62. The largest absolute Gasteiger partial charge is 0.508 e. The molecule has 1 aliphatic heterocycles. The number of aryl methyl sites for hydroxylation is 1. The quantitative estimate of drug-likeness (QED) is 0.731. The van der Waals surface area contributed by atoms with E-state index < -0.39 is 0 Å². The van der Waals surface area contributed by atoms with Crippen LogP contribution in [0.2, 0.25) is 0 Å². The zero-order chi connectivity index (χ0) is 13.7. The lowest BCUT2D eigenvalue weighted by molar-refractivity contribution is -0.116. The van der Waals surface area contributed by atoms with Gasteiger partial charge in [-0.2, -0.15) is 0 Å². The van der Waals surface area contributed by atoms with Crippen LogP contribution in [0.1, 0.15) is 37.7 Å². The molecule has 4 heteroatoms. The first-order valence-electron chi connectivity index (χ1n) is 6.98. The van der Waals surface area contributed by atoms with Crippen LogP contribution in [0.15, 0.2) is 18.2 Å². The van der Waals surface area contributed by atoms with Crippen molar-refractivity contribution >= 4 is 11.6 Å². The van der Waals surface area contributed by atoms with Crippen LogP contribution < -0.4 is 10.6 Å². The fourth-order valence-electron chi connectivity index (χ4n) is 2.48. The highest BCUT2D eigenvalue weighted by Crippen LogP contribution is 2.20. The van der Waals surface area contributed by atoms with E-state index in [9.17, 15) is 9.90 Å². The summed E-state index contributed by atoms with van der Waals surface area (Å²) in [6, 6.07) is 5.46. The van der Waals surface area contributed by atoms with E-state index in [1.807, 2.05) is 6.92 Å². The molecule has 104 valence electrons. The van der Waals surface area contributed by atoms with E-state index in [0.29, 0.717) is 12.5 Å². The average molecular weight is 262 g/mol. The number of hydrogen-bond donors (Lipinski definition) is 3. The molecule has 19 heavy (non-hydrogen) atoms. The Bertz CT molecular complexity index is 440. The molecule has 1 fully saturated rings. The van der Waals surface area contributed by atoms with Crippen LogP contribution in [-0.4, -0.2) is 23.6 Å². The molecule has 1 unspecified atom stereocenters. The van der Waals surface area contributed by atoms with Gasteiger partial charge in [0, 0.05) is 18.2 Å². The lowest BCUT2D eigenvalue weighted by atomic mass is 10.0. The third kappa shape index (κ3) is 4.24. The van der Waals surface area contributed by atoms with Crippen molar-refractivity contribution in [2.24, 2.45) is 0 Å². The van der Waals surface area contributed by atoms with E-state index in [2.05, 4.69) is 10.6 Å². The molecule has 1 saturated heterocycles. The summed E-state index contributed by atoms with van der Waals surface area (Å²) >= 11 is 0. The van der Waals surface area contributed by atoms with Gasteiger partial charge in [-0.15, -0.1) is 0 Å². The number of amides is 1. The van der Waals surface area contributed by atoms with Crippen LogP contribution >= 0.6 is 0 Å². The highest BCUT2D eigenvalue weighted by molar-refractivity contribution is 5.91. The Balaban J connectivity index is 1.80. The van der Waals surface area contributed by atoms with Gasteiger partial charge in [-0.05, 0) is 56.5 Å². The van der Waals surface area contributed by atoms with Gasteiger partial charge in [0.15, 0.2) is 0 Å². The number of phenols is 1. The fraction of sp³-hybridized carbons (Fsp3) is 0.533. The number of carbonyl (C=O) groups excluding carboxylic acids is 1. The Morgan fingerprint density at radius 1 is 1.47 bits per heavy atom. The van der Waals surface area contributed by atoms with E-state index in [1.165, 1.54) is 19.3 Å². The second-order valence-electron chi connectivity index (χ2n) is 5.23. The van der Waals surface area contributed by atoms with Gasteiger partial charge in [0.2, 0.25) is 5.91 Å². The van der Waals surface area contributed by atoms with Crippen LogP contribution in [0, 0.1) is 6.92 Å². The van der Waals surface area contributed by atoms with Crippen molar-refractivity contribution in [2.45, 2.75) is 45.1 Å². The van der Waals surface area contributed by atoms with Gasteiger partial charge in [-0.3, -0.25) is 4.79 Å². The summed E-state index contributed by atoms with van der Waals surface area (Å²) in [6.07, 6.45) is 5.11. The summed E-state index contributed by atoms with van der Waals surface area (Å²) in [5.74, 6) is 0.267. The van der Waals surface area contributed by atoms with Gasteiger partial charge in [-0.1, -0.05) is 6.42 Å². The number of anilines is 1. The molecule has 1 aromatic rings. The fourth-order valence-corrected chi connectivity index (χ4v) is 2.48. The number of hydrogen-bond acceptors (Lipinski definition) is 3. The Kier molecular flexibility index (Phi) is 4.80. The van der Waals surface area contributed by atoms with Gasteiger partial charge >= 0.3 is 0 Å². The number of benzene rings is 1. The molecular formula is C15H22N2O2. The minimum atomic E-state index is 0.0427. The summed E-state index contributed by atoms with van der Waals surface area (Å²) in [5.41, 5.74) is 1.66. The molecular weight excluding hydrogens is 240 g/mol. The number of rotatable bonds is 4. The maximum absolute atomic E-state index is 11.9. The Morgan fingerprint density at radius 3 is 3.00 bits per heavy atom. The van der Waals surface area contributed by atoms with E-state index >= 15 is 0 Å². The van der Waals surface area contributed by atoms with E-state index in [4.69, 9.17) is 0 Å². The number of piperidine rings is 1. The standard InChI is InChI=1S/C15H22N2O2/c1-11-10-13(18)6-7-14(11)17-15(19)8-5-12-4-2-3-9-16-12/h6-7,10,12,16,18H,2-5,8-9H2,1H3,(H,17,19). The first kappa shape index (κ1) is 13.9.